The number of allylic oxidation sites excluding steroid dienone is 2. The lowest BCUT2D eigenvalue weighted by Crippen LogP contribution is -2.19. The van der Waals surface area contributed by atoms with E-state index in [1.807, 2.05) is 18.2 Å². The molecule has 0 saturated heterocycles. The molecule has 0 heterocycles. The third-order valence-corrected chi connectivity index (χ3v) is 7.81. The predicted molar refractivity (Wildman–Crippen MR) is 122 cm³/mol. The molecule has 0 aromatic heterocycles. The Morgan fingerprint density at radius 2 is 1.87 bits per heavy atom. The van der Waals surface area contributed by atoms with E-state index in [-0.39, 0.29) is 18.1 Å². The van der Waals surface area contributed by atoms with Gasteiger partial charge in [0, 0.05) is 5.92 Å². The van der Waals surface area contributed by atoms with Crippen molar-refractivity contribution in [3.63, 3.8) is 0 Å². The van der Waals surface area contributed by atoms with Crippen molar-refractivity contribution in [1.82, 2.24) is 0 Å². The molecule has 0 bridgehead atoms. The summed E-state index contributed by atoms with van der Waals surface area (Å²) in [5, 5.41) is 30.3. The monoisotopic (exact) mass is 424 g/mol. The first kappa shape index (κ1) is 22.3. The summed E-state index contributed by atoms with van der Waals surface area (Å²) in [5.74, 6) is 0.616. The summed E-state index contributed by atoms with van der Waals surface area (Å²) in [7, 11) is 0. The molecule has 2 saturated carbocycles. The molecule has 31 heavy (non-hydrogen) atoms. The van der Waals surface area contributed by atoms with E-state index in [2.05, 4.69) is 12.2 Å². The molecule has 168 valence electrons. The highest BCUT2D eigenvalue weighted by atomic mass is 16.4. The Morgan fingerprint density at radius 1 is 1.13 bits per heavy atom. The highest BCUT2D eigenvalue weighted by Gasteiger charge is 2.43. The minimum atomic E-state index is -0.849. The topological polar surface area (TPSA) is 77.8 Å². The van der Waals surface area contributed by atoms with Crippen LogP contribution >= 0.6 is 0 Å². The lowest BCUT2D eigenvalue weighted by molar-refractivity contribution is 0.0695. The summed E-state index contributed by atoms with van der Waals surface area (Å²) in [6.07, 6.45) is 16.2. The zero-order chi connectivity index (χ0) is 21.8. The van der Waals surface area contributed by atoms with Gasteiger partial charge in [0.15, 0.2) is 0 Å². The molecule has 0 unspecified atom stereocenters. The SMILES string of the molecule is O=C(O)c1ccccc1CCCCC1=C[C@H]2C[C@@H](O)[C@@H](/C=C/[C@@H](O)C3CCCC3)[C@H]2C1. The average molecular weight is 425 g/mol. The molecule has 0 radical (unpaired) electrons. The minimum absolute atomic E-state index is 0.150. The van der Waals surface area contributed by atoms with Crippen molar-refractivity contribution in [3.8, 4) is 0 Å². The van der Waals surface area contributed by atoms with Gasteiger partial charge in [0.05, 0.1) is 17.8 Å². The van der Waals surface area contributed by atoms with Gasteiger partial charge in [-0.05, 0) is 80.8 Å². The number of aryl methyl sites for hydroxylation is 1. The molecule has 3 aliphatic rings. The molecule has 4 nitrogen and oxygen atoms in total. The standard InChI is InChI=1S/C27H36O4/c28-25(20-10-3-4-11-20)14-13-23-24-16-18(15-21(24)17-26(23)29)7-1-2-8-19-9-5-6-12-22(19)27(30)31/h5-6,9,12-15,20-21,23-26,28-29H,1-4,7-8,10-11,16-17H2,(H,30,31)/b14-13+/t21-,23-,24-,25+,26+/m0/s1. The Balaban J connectivity index is 1.25. The van der Waals surface area contributed by atoms with Crippen LogP contribution in [-0.4, -0.2) is 33.5 Å². The van der Waals surface area contributed by atoms with E-state index < -0.39 is 5.97 Å². The molecular weight excluding hydrogens is 388 g/mol. The van der Waals surface area contributed by atoms with Crippen LogP contribution in [0.5, 0.6) is 0 Å². The fraction of sp³-hybridized carbons (Fsp3) is 0.593. The number of hydrogen-bond acceptors (Lipinski definition) is 3. The van der Waals surface area contributed by atoms with E-state index >= 15 is 0 Å². The molecule has 5 atom stereocenters. The van der Waals surface area contributed by atoms with Crippen molar-refractivity contribution in [3.05, 3.63) is 59.2 Å². The Morgan fingerprint density at radius 3 is 2.65 bits per heavy atom. The van der Waals surface area contributed by atoms with Crippen molar-refractivity contribution in [2.75, 3.05) is 0 Å². The normalized spacial score (nSPS) is 29.4. The van der Waals surface area contributed by atoms with Crippen molar-refractivity contribution in [2.45, 2.75) is 76.4 Å². The van der Waals surface area contributed by atoms with Crippen LogP contribution in [0.15, 0.2) is 48.1 Å². The highest BCUT2D eigenvalue weighted by molar-refractivity contribution is 5.89. The number of aliphatic hydroxyl groups is 2. The van der Waals surface area contributed by atoms with E-state index in [1.165, 1.54) is 18.4 Å². The number of aromatic carboxylic acids is 1. The number of carbonyl (C=O) groups is 1. The maximum atomic E-state index is 11.4. The Labute approximate surface area is 185 Å². The van der Waals surface area contributed by atoms with Crippen molar-refractivity contribution < 1.29 is 20.1 Å². The second-order valence-electron chi connectivity index (χ2n) is 9.83. The van der Waals surface area contributed by atoms with E-state index in [4.69, 9.17) is 0 Å². The number of hydrogen-bond donors (Lipinski definition) is 3. The van der Waals surface area contributed by atoms with Gasteiger partial charge in [-0.15, -0.1) is 0 Å². The van der Waals surface area contributed by atoms with Crippen molar-refractivity contribution >= 4 is 5.97 Å². The maximum Gasteiger partial charge on any atom is 0.335 e. The number of carboxylic acid groups (broad SMARTS) is 1. The maximum absolute atomic E-state index is 11.4. The molecule has 1 aromatic rings. The summed E-state index contributed by atoms with van der Waals surface area (Å²) >= 11 is 0. The molecule has 2 fully saturated rings. The lowest BCUT2D eigenvalue weighted by Gasteiger charge is -2.20. The summed E-state index contributed by atoms with van der Waals surface area (Å²) in [6, 6.07) is 7.29. The van der Waals surface area contributed by atoms with Gasteiger partial charge in [-0.25, -0.2) is 4.79 Å². The smallest absolute Gasteiger partial charge is 0.335 e. The number of benzene rings is 1. The molecule has 3 aliphatic carbocycles. The zero-order valence-corrected chi connectivity index (χ0v) is 18.3. The third kappa shape index (κ3) is 5.30. The van der Waals surface area contributed by atoms with Crippen LogP contribution < -0.4 is 0 Å². The molecule has 0 amide bonds. The molecule has 3 N–H and O–H groups in total. The number of rotatable bonds is 9. The lowest BCUT2D eigenvalue weighted by atomic mass is 9.88. The first-order chi connectivity index (χ1) is 15.0. The fourth-order valence-corrected chi connectivity index (χ4v) is 6.10. The molecular formula is C27H36O4. The third-order valence-electron chi connectivity index (χ3n) is 7.81. The Kier molecular flexibility index (Phi) is 7.29. The van der Waals surface area contributed by atoms with E-state index in [1.54, 1.807) is 12.1 Å². The van der Waals surface area contributed by atoms with Gasteiger partial charge < -0.3 is 15.3 Å². The second kappa shape index (κ2) is 10.1. The van der Waals surface area contributed by atoms with Gasteiger partial charge >= 0.3 is 5.97 Å². The van der Waals surface area contributed by atoms with E-state index in [0.717, 1.165) is 56.9 Å². The largest absolute Gasteiger partial charge is 0.478 e. The zero-order valence-electron chi connectivity index (χ0n) is 18.3. The van der Waals surface area contributed by atoms with E-state index in [9.17, 15) is 20.1 Å². The summed E-state index contributed by atoms with van der Waals surface area (Å²) in [4.78, 5) is 11.4. The Hall–Kier alpha value is -1.91. The Bertz CT molecular complexity index is 820. The first-order valence-electron chi connectivity index (χ1n) is 12.1. The van der Waals surface area contributed by atoms with Crippen LogP contribution in [0.1, 0.15) is 73.7 Å². The molecule has 4 rings (SSSR count). The summed E-state index contributed by atoms with van der Waals surface area (Å²) in [5.41, 5.74) is 2.82. The van der Waals surface area contributed by atoms with Crippen LogP contribution in [0.25, 0.3) is 0 Å². The quantitative estimate of drug-likeness (QED) is 0.378. The molecule has 4 heteroatoms. The van der Waals surface area contributed by atoms with Gasteiger partial charge in [-0.2, -0.15) is 0 Å². The van der Waals surface area contributed by atoms with Gasteiger partial charge in [0.1, 0.15) is 0 Å². The average Bonchev–Trinajstić information content (AvgIpc) is 3.47. The predicted octanol–water partition coefficient (Wildman–Crippen LogP) is 5.15. The van der Waals surface area contributed by atoms with Crippen LogP contribution in [0.4, 0.5) is 0 Å². The van der Waals surface area contributed by atoms with Crippen molar-refractivity contribution in [2.24, 2.45) is 23.7 Å². The second-order valence-corrected chi connectivity index (χ2v) is 9.83. The van der Waals surface area contributed by atoms with E-state index in [0.29, 0.717) is 23.3 Å². The van der Waals surface area contributed by atoms with Crippen LogP contribution in [0.3, 0.4) is 0 Å². The number of carboxylic acids is 1. The molecule has 1 aromatic carbocycles. The van der Waals surface area contributed by atoms with Crippen LogP contribution in [-0.2, 0) is 6.42 Å². The van der Waals surface area contributed by atoms with Gasteiger partial charge in [0.2, 0.25) is 0 Å². The molecule has 0 aliphatic heterocycles. The van der Waals surface area contributed by atoms with Crippen molar-refractivity contribution in [1.29, 1.82) is 0 Å². The molecule has 0 spiro atoms. The number of aliphatic hydroxyl groups excluding tert-OH is 2. The first-order valence-corrected chi connectivity index (χ1v) is 12.1. The number of fused-ring (bicyclic) bond motifs is 1. The minimum Gasteiger partial charge on any atom is -0.478 e. The number of unbranched alkanes of at least 4 members (excludes halogenated alkanes) is 1. The van der Waals surface area contributed by atoms with Gasteiger partial charge in [0.25, 0.3) is 0 Å². The van der Waals surface area contributed by atoms with Gasteiger partial charge in [-0.3, -0.25) is 0 Å². The summed E-state index contributed by atoms with van der Waals surface area (Å²) < 4.78 is 0. The van der Waals surface area contributed by atoms with Crippen LogP contribution in [0.2, 0.25) is 0 Å². The summed E-state index contributed by atoms with van der Waals surface area (Å²) in [6.45, 7) is 0. The van der Waals surface area contributed by atoms with Crippen LogP contribution in [0, 0.1) is 23.7 Å². The fourth-order valence-electron chi connectivity index (χ4n) is 6.10. The highest BCUT2D eigenvalue weighted by Crippen LogP contribution is 2.48. The van der Waals surface area contributed by atoms with Gasteiger partial charge in [-0.1, -0.05) is 54.8 Å².